The minimum absolute atomic E-state index is 0.128. The first-order chi connectivity index (χ1) is 15.9. The lowest BCUT2D eigenvalue weighted by atomic mass is 9.95. The van der Waals surface area contributed by atoms with Crippen molar-refractivity contribution < 1.29 is 23.9 Å². The first-order valence-electron chi connectivity index (χ1n) is 11.5. The van der Waals surface area contributed by atoms with Crippen molar-refractivity contribution in [2.75, 3.05) is 19.8 Å². The second kappa shape index (κ2) is 11.0. The van der Waals surface area contributed by atoms with Crippen LogP contribution in [0.15, 0.2) is 42.5 Å². The molecule has 1 atom stereocenters. The van der Waals surface area contributed by atoms with Gasteiger partial charge in [-0.1, -0.05) is 32.0 Å². The number of nitrogens with one attached hydrogen (secondary N) is 1. The quantitative estimate of drug-likeness (QED) is 0.512. The number of ether oxygens (including phenoxy) is 2. The molecule has 0 radical (unpaired) electrons. The molecular weight excluding hydrogens is 420 g/mol. The number of rotatable bonds is 11. The van der Waals surface area contributed by atoms with Gasteiger partial charge in [-0.2, -0.15) is 0 Å². The van der Waals surface area contributed by atoms with E-state index in [1.54, 1.807) is 24.3 Å². The largest absolute Gasteiger partial charge is 0.490 e. The molecule has 7 heteroatoms. The summed E-state index contributed by atoms with van der Waals surface area (Å²) in [6, 6.07) is 12.3. The molecule has 0 saturated heterocycles. The molecule has 1 heterocycles. The van der Waals surface area contributed by atoms with Gasteiger partial charge in [-0.15, -0.1) is 0 Å². The predicted octanol–water partition coefficient (Wildman–Crippen LogP) is 4.37. The smallest absolute Gasteiger partial charge is 0.261 e. The Morgan fingerprint density at radius 3 is 2.12 bits per heavy atom. The second-order valence-electron chi connectivity index (χ2n) is 8.27. The fourth-order valence-corrected chi connectivity index (χ4v) is 3.98. The SMILES string of the molecule is CCOc1ccc(C(NC(=O)CCCN2C(=O)c3ccccc3C2=O)C(C)C)cc1OCC. The van der Waals surface area contributed by atoms with Crippen LogP contribution in [-0.2, 0) is 4.79 Å². The first-order valence-corrected chi connectivity index (χ1v) is 11.5. The van der Waals surface area contributed by atoms with Crippen molar-refractivity contribution in [3.8, 4) is 11.5 Å². The maximum Gasteiger partial charge on any atom is 0.261 e. The zero-order valence-electron chi connectivity index (χ0n) is 19.7. The molecule has 0 spiro atoms. The van der Waals surface area contributed by atoms with Gasteiger partial charge in [0.05, 0.1) is 30.4 Å². The molecule has 0 aromatic heterocycles. The van der Waals surface area contributed by atoms with Crippen LogP contribution in [0.3, 0.4) is 0 Å². The number of imide groups is 1. The number of hydrogen-bond donors (Lipinski definition) is 1. The van der Waals surface area contributed by atoms with Crippen molar-refractivity contribution in [1.29, 1.82) is 0 Å². The minimum atomic E-state index is -0.297. The fourth-order valence-electron chi connectivity index (χ4n) is 3.98. The van der Waals surface area contributed by atoms with E-state index in [0.717, 1.165) is 5.56 Å². The Morgan fingerprint density at radius 2 is 1.55 bits per heavy atom. The molecule has 0 bridgehead atoms. The van der Waals surface area contributed by atoms with E-state index in [1.165, 1.54) is 4.90 Å². The average molecular weight is 453 g/mol. The van der Waals surface area contributed by atoms with Crippen LogP contribution in [0.2, 0.25) is 0 Å². The fraction of sp³-hybridized carbons (Fsp3) is 0.423. The summed E-state index contributed by atoms with van der Waals surface area (Å²) in [5.41, 5.74) is 1.78. The van der Waals surface area contributed by atoms with Gasteiger partial charge in [-0.3, -0.25) is 19.3 Å². The molecule has 1 aliphatic rings. The molecule has 7 nitrogen and oxygen atoms in total. The highest BCUT2D eigenvalue weighted by atomic mass is 16.5. The van der Waals surface area contributed by atoms with Gasteiger partial charge in [0.25, 0.3) is 11.8 Å². The Hall–Kier alpha value is -3.35. The maximum absolute atomic E-state index is 12.7. The van der Waals surface area contributed by atoms with E-state index < -0.39 is 0 Å². The first kappa shape index (κ1) is 24.3. The van der Waals surface area contributed by atoms with Crippen LogP contribution in [0.4, 0.5) is 0 Å². The monoisotopic (exact) mass is 452 g/mol. The summed E-state index contributed by atoms with van der Waals surface area (Å²) in [6.45, 7) is 9.18. The Morgan fingerprint density at radius 1 is 0.939 bits per heavy atom. The molecule has 176 valence electrons. The highest BCUT2D eigenvalue weighted by Gasteiger charge is 2.34. The molecule has 2 aromatic carbocycles. The van der Waals surface area contributed by atoms with Gasteiger partial charge < -0.3 is 14.8 Å². The lowest BCUT2D eigenvalue weighted by Gasteiger charge is -2.24. The Bertz CT molecular complexity index is 982. The standard InChI is InChI=1S/C26H32N2O5/c1-5-32-21-14-13-18(16-22(21)33-6-2)24(17(3)4)27-23(29)12-9-15-28-25(30)19-10-7-8-11-20(19)26(28)31/h7-8,10-11,13-14,16-17,24H,5-6,9,12,15H2,1-4H3,(H,27,29). The van der Waals surface area contributed by atoms with Crippen LogP contribution in [0, 0.1) is 5.92 Å². The molecule has 0 saturated carbocycles. The van der Waals surface area contributed by atoms with Crippen molar-refractivity contribution in [2.45, 2.75) is 46.6 Å². The molecule has 1 unspecified atom stereocenters. The predicted molar refractivity (Wildman–Crippen MR) is 126 cm³/mol. The Kier molecular flexibility index (Phi) is 8.09. The van der Waals surface area contributed by atoms with Crippen LogP contribution in [0.1, 0.15) is 72.9 Å². The van der Waals surface area contributed by atoms with Gasteiger partial charge in [0.2, 0.25) is 5.91 Å². The highest BCUT2D eigenvalue weighted by Crippen LogP contribution is 2.33. The summed E-state index contributed by atoms with van der Waals surface area (Å²) < 4.78 is 11.4. The van der Waals surface area contributed by atoms with Crippen molar-refractivity contribution in [1.82, 2.24) is 10.2 Å². The van der Waals surface area contributed by atoms with Gasteiger partial charge in [0.1, 0.15) is 0 Å². The Labute approximate surface area is 195 Å². The number of fused-ring (bicyclic) bond motifs is 1. The third-order valence-corrected chi connectivity index (χ3v) is 5.57. The van der Waals surface area contributed by atoms with Gasteiger partial charge in [-0.25, -0.2) is 0 Å². The zero-order chi connectivity index (χ0) is 24.0. The molecule has 0 aliphatic carbocycles. The topological polar surface area (TPSA) is 84.9 Å². The number of carbonyl (C=O) groups excluding carboxylic acids is 3. The molecule has 3 rings (SSSR count). The van der Waals surface area contributed by atoms with Crippen LogP contribution in [-0.4, -0.2) is 42.4 Å². The van der Waals surface area contributed by atoms with Crippen LogP contribution < -0.4 is 14.8 Å². The number of amides is 3. The number of benzene rings is 2. The summed E-state index contributed by atoms with van der Waals surface area (Å²) in [6.07, 6.45) is 0.613. The summed E-state index contributed by atoms with van der Waals surface area (Å²) in [7, 11) is 0. The lowest BCUT2D eigenvalue weighted by Crippen LogP contribution is -2.34. The van der Waals surface area contributed by atoms with E-state index in [-0.39, 0.29) is 42.6 Å². The zero-order valence-corrected chi connectivity index (χ0v) is 19.7. The molecule has 2 aromatic rings. The molecule has 3 amide bonds. The van der Waals surface area contributed by atoms with E-state index in [9.17, 15) is 14.4 Å². The lowest BCUT2D eigenvalue weighted by molar-refractivity contribution is -0.122. The van der Waals surface area contributed by atoms with E-state index in [0.29, 0.717) is 42.3 Å². The number of hydrogen-bond acceptors (Lipinski definition) is 5. The maximum atomic E-state index is 12.7. The third kappa shape index (κ3) is 5.53. The third-order valence-electron chi connectivity index (χ3n) is 5.57. The van der Waals surface area contributed by atoms with Crippen molar-refractivity contribution in [3.05, 3.63) is 59.2 Å². The average Bonchev–Trinajstić information content (AvgIpc) is 3.04. The van der Waals surface area contributed by atoms with Gasteiger partial charge in [-0.05, 0) is 56.0 Å². The summed E-state index contributed by atoms with van der Waals surface area (Å²) >= 11 is 0. The summed E-state index contributed by atoms with van der Waals surface area (Å²) in [5, 5.41) is 3.09. The second-order valence-corrected chi connectivity index (χ2v) is 8.27. The minimum Gasteiger partial charge on any atom is -0.490 e. The van der Waals surface area contributed by atoms with Gasteiger partial charge >= 0.3 is 0 Å². The number of nitrogens with zero attached hydrogens (tertiary/aromatic N) is 1. The van der Waals surface area contributed by atoms with Crippen LogP contribution >= 0.6 is 0 Å². The van der Waals surface area contributed by atoms with Crippen molar-refractivity contribution in [2.24, 2.45) is 5.92 Å². The van der Waals surface area contributed by atoms with E-state index >= 15 is 0 Å². The van der Waals surface area contributed by atoms with Crippen LogP contribution in [0.5, 0.6) is 11.5 Å². The van der Waals surface area contributed by atoms with E-state index in [4.69, 9.17) is 9.47 Å². The Balaban J connectivity index is 1.61. The van der Waals surface area contributed by atoms with E-state index in [1.807, 2.05) is 45.9 Å². The normalized spacial score (nSPS) is 13.8. The molecule has 1 aliphatic heterocycles. The van der Waals surface area contributed by atoms with E-state index in [2.05, 4.69) is 5.32 Å². The summed E-state index contributed by atoms with van der Waals surface area (Å²) in [4.78, 5) is 38.9. The van der Waals surface area contributed by atoms with Crippen LogP contribution in [0.25, 0.3) is 0 Å². The van der Waals surface area contributed by atoms with Gasteiger partial charge in [0, 0.05) is 13.0 Å². The van der Waals surface area contributed by atoms with Gasteiger partial charge in [0.15, 0.2) is 11.5 Å². The molecular formula is C26H32N2O5. The number of carbonyl (C=O) groups is 3. The molecule has 1 N–H and O–H groups in total. The van der Waals surface area contributed by atoms with Crippen molar-refractivity contribution >= 4 is 17.7 Å². The summed E-state index contributed by atoms with van der Waals surface area (Å²) in [5.74, 6) is 0.762. The van der Waals surface area contributed by atoms with Crippen molar-refractivity contribution in [3.63, 3.8) is 0 Å². The molecule has 0 fully saturated rings. The highest BCUT2D eigenvalue weighted by molar-refractivity contribution is 6.21. The molecule has 33 heavy (non-hydrogen) atoms.